The second-order valence-electron chi connectivity index (χ2n) is 6.17. The number of carbonyl (C=O) groups is 1. The molecule has 0 bridgehead atoms. The van der Waals surface area contributed by atoms with E-state index in [1.165, 1.54) is 10.5 Å². The normalized spacial score (nSPS) is 15.9. The molecule has 1 unspecified atom stereocenters. The van der Waals surface area contributed by atoms with Gasteiger partial charge in [-0.25, -0.2) is 4.79 Å². The van der Waals surface area contributed by atoms with E-state index in [-0.39, 0.29) is 12.1 Å². The Morgan fingerprint density at radius 3 is 2.29 bits per heavy atom. The summed E-state index contributed by atoms with van der Waals surface area (Å²) in [6.45, 7) is 3.28. The molecular weight excluding hydrogens is 304 g/mol. The summed E-state index contributed by atoms with van der Waals surface area (Å²) in [7, 11) is 2.04. The van der Waals surface area contributed by atoms with E-state index in [4.69, 9.17) is 9.84 Å². The highest BCUT2D eigenvalue weighted by atomic mass is 16.5. The number of para-hydroxylation sites is 1. The molecule has 1 amide bonds. The molecule has 0 aliphatic carbocycles. The molecule has 1 N–H and O–H groups in total. The SMILES string of the molecule is CC(c1ccc(Oc2ccccc2)cc1)N(C)C1CN(C(=O)O)C1. The predicted molar refractivity (Wildman–Crippen MR) is 92.5 cm³/mol. The van der Waals surface area contributed by atoms with Crippen LogP contribution in [0.5, 0.6) is 11.5 Å². The Bertz CT molecular complexity index is 682. The molecule has 1 atom stereocenters. The van der Waals surface area contributed by atoms with E-state index in [1.54, 1.807) is 0 Å². The van der Waals surface area contributed by atoms with Gasteiger partial charge in [0.25, 0.3) is 0 Å². The van der Waals surface area contributed by atoms with Crippen molar-refractivity contribution in [2.45, 2.75) is 19.0 Å². The highest BCUT2D eigenvalue weighted by Crippen LogP contribution is 2.28. The molecule has 2 aromatic carbocycles. The topological polar surface area (TPSA) is 53.0 Å². The first-order valence-corrected chi connectivity index (χ1v) is 8.07. The molecule has 1 aliphatic rings. The third-order valence-corrected chi connectivity index (χ3v) is 4.66. The van der Waals surface area contributed by atoms with E-state index in [0.717, 1.165) is 11.5 Å². The molecular formula is C19H22N2O3. The Labute approximate surface area is 142 Å². The summed E-state index contributed by atoms with van der Waals surface area (Å²) in [5.41, 5.74) is 1.19. The molecule has 5 nitrogen and oxygen atoms in total. The van der Waals surface area contributed by atoms with E-state index >= 15 is 0 Å². The Kier molecular flexibility index (Phi) is 4.71. The quantitative estimate of drug-likeness (QED) is 0.907. The average Bonchev–Trinajstić information content (AvgIpc) is 2.54. The van der Waals surface area contributed by atoms with Crippen molar-refractivity contribution in [2.24, 2.45) is 0 Å². The summed E-state index contributed by atoms with van der Waals surface area (Å²) in [6, 6.07) is 18.3. The first-order chi connectivity index (χ1) is 11.5. The molecule has 1 saturated heterocycles. The number of nitrogens with zero attached hydrogens (tertiary/aromatic N) is 2. The Morgan fingerprint density at radius 2 is 1.71 bits per heavy atom. The van der Waals surface area contributed by atoms with Crippen LogP contribution in [0, 0.1) is 0 Å². The van der Waals surface area contributed by atoms with Gasteiger partial charge in [0.2, 0.25) is 0 Å². The van der Waals surface area contributed by atoms with E-state index in [0.29, 0.717) is 13.1 Å². The van der Waals surface area contributed by atoms with Gasteiger partial charge in [-0.1, -0.05) is 30.3 Å². The fourth-order valence-corrected chi connectivity index (χ4v) is 2.86. The molecule has 0 saturated carbocycles. The monoisotopic (exact) mass is 326 g/mol. The van der Waals surface area contributed by atoms with Crippen molar-refractivity contribution in [3.63, 3.8) is 0 Å². The van der Waals surface area contributed by atoms with Crippen molar-refractivity contribution in [1.29, 1.82) is 0 Å². The minimum atomic E-state index is -0.838. The fraction of sp³-hybridized carbons (Fsp3) is 0.316. The van der Waals surface area contributed by atoms with Crippen molar-refractivity contribution in [2.75, 3.05) is 20.1 Å². The maximum absolute atomic E-state index is 10.9. The molecule has 0 aromatic heterocycles. The Morgan fingerprint density at radius 1 is 1.12 bits per heavy atom. The van der Waals surface area contributed by atoms with E-state index < -0.39 is 6.09 Å². The van der Waals surface area contributed by atoms with Gasteiger partial charge in [-0.15, -0.1) is 0 Å². The molecule has 1 fully saturated rings. The van der Waals surface area contributed by atoms with Crippen molar-refractivity contribution in [1.82, 2.24) is 9.80 Å². The minimum Gasteiger partial charge on any atom is -0.465 e. The number of hydrogen-bond acceptors (Lipinski definition) is 3. The van der Waals surface area contributed by atoms with Gasteiger partial charge in [0.15, 0.2) is 0 Å². The van der Waals surface area contributed by atoms with Crippen LogP contribution in [0.3, 0.4) is 0 Å². The Balaban J connectivity index is 1.59. The molecule has 2 aromatic rings. The van der Waals surface area contributed by atoms with Gasteiger partial charge in [0, 0.05) is 25.2 Å². The number of amides is 1. The van der Waals surface area contributed by atoms with Gasteiger partial charge in [0.1, 0.15) is 11.5 Å². The number of hydrogen-bond donors (Lipinski definition) is 1. The van der Waals surface area contributed by atoms with Crippen LogP contribution >= 0.6 is 0 Å². The van der Waals surface area contributed by atoms with Crippen LogP contribution in [0.1, 0.15) is 18.5 Å². The van der Waals surface area contributed by atoms with Crippen LogP contribution in [0.2, 0.25) is 0 Å². The van der Waals surface area contributed by atoms with Gasteiger partial charge >= 0.3 is 6.09 Å². The van der Waals surface area contributed by atoms with Crippen LogP contribution in [-0.4, -0.2) is 47.2 Å². The maximum Gasteiger partial charge on any atom is 0.407 e. The standard InChI is InChI=1S/C19H22N2O3/c1-14(20(2)16-12-21(13-16)19(22)23)15-8-10-18(11-9-15)24-17-6-4-3-5-7-17/h3-11,14,16H,12-13H2,1-2H3,(H,22,23). The smallest absolute Gasteiger partial charge is 0.407 e. The third kappa shape index (κ3) is 3.51. The second kappa shape index (κ2) is 6.93. The van der Waals surface area contributed by atoms with Crippen LogP contribution < -0.4 is 4.74 Å². The number of benzene rings is 2. The zero-order valence-electron chi connectivity index (χ0n) is 13.9. The lowest BCUT2D eigenvalue weighted by molar-refractivity contribution is 0.0325. The zero-order valence-corrected chi connectivity index (χ0v) is 13.9. The first kappa shape index (κ1) is 16.3. The lowest BCUT2D eigenvalue weighted by Gasteiger charge is -2.44. The summed E-state index contributed by atoms with van der Waals surface area (Å²) >= 11 is 0. The van der Waals surface area contributed by atoms with Crippen molar-refractivity contribution in [3.05, 3.63) is 60.2 Å². The highest BCUT2D eigenvalue weighted by molar-refractivity contribution is 5.66. The lowest BCUT2D eigenvalue weighted by Crippen LogP contribution is -2.60. The zero-order chi connectivity index (χ0) is 17.1. The summed E-state index contributed by atoms with van der Waals surface area (Å²) in [5.74, 6) is 1.62. The largest absolute Gasteiger partial charge is 0.465 e. The highest BCUT2D eigenvalue weighted by Gasteiger charge is 2.35. The van der Waals surface area contributed by atoms with Gasteiger partial charge in [-0.2, -0.15) is 0 Å². The number of likely N-dealkylation sites (N-methyl/N-ethyl adjacent to an activating group) is 1. The van der Waals surface area contributed by atoms with E-state index in [2.05, 4.69) is 24.0 Å². The number of likely N-dealkylation sites (tertiary alicyclic amines) is 1. The van der Waals surface area contributed by atoms with Crippen molar-refractivity contribution >= 4 is 6.09 Å². The number of carboxylic acid groups (broad SMARTS) is 1. The van der Waals surface area contributed by atoms with Gasteiger partial charge in [-0.05, 0) is 43.8 Å². The molecule has 126 valence electrons. The van der Waals surface area contributed by atoms with Gasteiger partial charge in [0.05, 0.1) is 0 Å². The summed E-state index contributed by atoms with van der Waals surface area (Å²) in [6.07, 6.45) is -0.838. The molecule has 1 aliphatic heterocycles. The number of rotatable bonds is 5. The maximum atomic E-state index is 10.9. The number of ether oxygens (including phenoxy) is 1. The summed E-state index contributed by atoms with van der Waals surface area (Å²) < 4.78 is 5.81. The molecule has 0 spiro atoms. The molecule has 24 heavy (non-hydrogen) atoms. The third-order valence-electron chi connectivity index (χ3n) is 4.66. The van der Waals surface area contributed by atoms with E-state index in [9.17, 15) is 4.79 Å². The summed E-state index contributed by atoms with van der Waals surface area (Å²) in [5, 5.41) is 8.93. The van der Waals surface area contributed by atoms with Crippen molar-refractivity contribution in [3.8, 4) is 11.5 Å². The second-order valence-corrected chi connectivity index (χ2v) is 6.17. The minimum absolute atomic E-state index is 0.219. The van der Waals surface area contributed by atoms with Crippen LogP contribution in [0.15, 0.2) is 54.6 Å². The first-order valence-electron chi connectivity index (χ1n) is 8.07. The van der Waals surface area contributed by atoms with Crippen LogP contribution in [-0.2, 0) is 0 Å². The molecule has 3 rings (SSSR count). The lowest BCUT2D eigenvalue weighted by atomic mass is 10.0. The molecule has 5 heteroatoms. The molecule has 0 radical (unpaired) electrons. The van der Waals surface area contributed by atoms with E-state index in [1.807, 2.05) is 49.5 Å². The average molecular weight is 326 g/mol. The van der Waals surface area contributed by atoms with Crippen molar-refractivity contribution < 1.29 is 14.6 Å². The van der Waals surface area contributed by atoms with Gasteiger partial charge in [-0.3, -0.25) is 4.90 Å². The van der Waals surface area contributed by atoms with Crippen LogP contribution in [0.25, 0.3) is 0 Å². The summed E-state index contributed by atoms with van der Waals surface area (Å²) in [4.78, 5) is 14.5. The van der Waals surface area contributed by atoms with Crippen LogP contribution in [0.4, 0.5) is 4.79 Å². The fourth-order valence-electron chi connectivity index (χ4n) is 2.86. The molecule has 1 heterocycles. The predicted octanol–water partition coefficient (Wildman–Crippen LogP) is 3.83. The Hall–Kier alpha value is -2.53. The van der Waals surface area contributed by atoms with Gasteiger partial charge < -0.3 is 14.7 Å².